The quantitative estimate of drug-likeness (QED) is 0.184. The van der Waals surface area contributed by atoms with Crippen LogP contribution in [0.2, 0.25) is 0 Å². The summed E-state index contributed by atoms with van der Waals surface area (Å²) in [6.07, 6.45) is 11.9. The molecule has 0 radical (unpaired) electrons. The second-order valence-corrected chi connectivity index (χ2v) is 13.8. The molecule has 2 atom stereocenters. The van der Waals surface area contributed by atoms with Gasteiger partial charge in [0.2, 0.25) is 0 Å². The lowest BCUT2D eigenvalue weighted by atomic mass is 9.74. The lowest BCUT2D eigenvalue weighted by Gasteiger charge is -2.29. The highest BCUT2D eigenvalue weighted by Gasteiger charge is 2.40. The zero-order valence-electron chi connectivity index (χ0n) is 26.2. The van der Waals surface area contributed by atoms with E-state index in [9.17, 15) is 0 Å². The van der Waals surface area contributed by atoms with Crippen LogP contribution in [0.25, 0.3) is 86.9 Å². The minimum atomic E-state index is 0.360. The second-order valence-electron chi connectivity index (χ2n) is 13.8. The summed E-state index contributed by atoms with van der Waals surface area (Å²) in [7, 11) is 0. The highest BCUT2D eigenvalue weighted by Crippen LogP contribution is 2.58. The van der Waals surface area contributed by atoms with Crippen LogP contribution in [0.1, 0.15) is 22.6 Å². The summed E-state index contributed by atoms with van der Waals surface area (Å²) < 4.78 is 0. The molecule has 0 N–H and O–H groups in total. The van der Waals surface area contributed by atoms with Crippen molar-refractivity contribution < 1.29 is 0 Å². The van der Waals surface area contributed by atoms with Crippen LogP contribution < -0.4 is 0 Å². The van der Waals surface area contributed by atoms with Gasteiger partial charge in [0.15, 0.2) is 0 Å². The number of hydrogen-bond acceptors (Lipinski definition) is 0. The molecule has 0 fully saturated rings. The first-order chi connectivity index (χ1) is 23.9. The molecule has 3 aliphatic carbocycles. The Morgan fingerprint density at radius 1 is 0.438 bits per heavy atom. The number of fused-ring (bicyclic) bond motifs is 10. The van der Waals surface area contributed by atoms with Gasteiger partial charge in [-0.3, -0.25) is 0 Å². The molecular weight excluding hydrogens is 577 g/mol. The van der Waals surface area contributed by atoms with Gasteiger partial charge in [-0.05, 0) is 109 Å². The van der Waals surface area contributed by atoms with Crippen LogP contribution in [0, 0.1) is 5.92 Å². The predicted molar refractivity (Wildman–Crippen MR) is 205 cm³/mol. The summed E-state index contributed by atoms with van der Waals surface area (Å²) in [5.41, 5.74) is 11.1. The SMILES string of the molecule is C1=CC2=C(c3ccc4c(-c5ccccc5)c5c6cccc7cccc(c76)c5c5c6ccccc6c3c45)C=CC3c4ccccc4C(=C1)C23. The maximum absolute atomic E-state index is 2.48. The molecule has 0 amide bonds. The lowest BCUT2D eigenvalue weighted by molar-refractivity contribution is 0.725. The van der Waals surface area contributed by atoms with Gasteiger partial charge in [-0.2, -0.15) is 0 Å². The molecule has 0 aliphatic heterocycles. The van der Waals surface area contributed by atoms with Crippen molar-refractivity contribution >= 4 is 75.8 Å². The molecular formula is C48H28. The number of benzene rings is 7. The molecule has 0 bridgehead atoms. The highest BCUT2D eigenvalue weighted by molar-refractivity contribution is 6.48. The number of allylic oxidation sites excluding steroid dienone is 8. The molecule has 0 heterocycles. The van der Waals surface area contributed by atoms with Crippen LogP contribution >= 0.6 is 0 Å². The van der Waals surface area contributed by atoms with E-state index in [-0.39, 0.29) is 0 Å². The fourth-order valence-corrected chi connectivity index (χ4v) is 9.99. The van der Waals surface area contributed by atoms with Gasteiger partial charge in [-0.1, -0.05) is 158 Å². The third-order valence-electron chi connectivity index (χ3n) is 11.7. The van der Waals surface area contributed by atoms with E-state index in [2.05, 4.69) is 158 Å². The molecule has 12 rings (SSSR count). The normalized spacial score (nSPS) is 18.3. The lowest BCUT2D eigenvalue weighted by Crippen LogP contribution is -2.14. The standard InChI is InChI=1S/C48H28/c1-2-11-28(12-3-1)42-40-26-25-37(31-23-24-36-30-16-5-4-15-29(30)32-19-10-20-33(31)43(32)36)44-34-17-6-7-18-35(34)45(47(40)44)48-39-22-9-14-27-13-8-21-38(41(27)39)46(42)48/h1-26,36,43H. The van der Waals surface area contributed by atoms with Crippen LogP contribution in [0.4, 0.5) is 0 Å². The Hall–Kier alpha value is -5.98. The van der Waals surface area contributed by atoms with E-state index in [0.717, 1.165) is 0 Å². The fourth-order valence-electron chi connectivity index (χ4n) is 9.99. The second kappa shape index (κ2) is 8.88. The number of rotatable bonds is 2. The summed E-state index contributed by atoms with van der Waals surface area (Å²) in [6, 6.07) is 47.9. The van der Waals surface area contributed by atoms with E-state index in [0.29, 0.717) is 11.8 Å². The maximum Gasteiger partial charge on any atom is 0.0205 e. The van der Waals surface area contributed by atoms with Gasteiger partial charge in [-0.15, -0.1) is 0 Å². The Labute approximate surface area is 277 Å². The van der Waals surface area contributed by atoms with Gasteiger partial charge in [0.05, 0.1) is 0 Å². The molecule has 220 valence electrons. The van der Waals surface area contributed by atoms with Gasteiger partial charge in [0.25, 0.3) is 0 Å². The molecule has 3 aliphatic rings. The average molecular weight is 605 g/mol. The van der Waals surface area contributed by atoms with Crippen LogP contribution in [0.3, 0.4) is 0 Å². The van der Waals surface area contributed by atoms with E-state index in [1.165, 1.54) is 109 Å². The third-order valence-corrected chi connectivity index (χ3v) is 11.7. The Bertz CT molecular complexity index is 2980. The molecule has 9 aromatic carbocycles. The van der Waals surface area contributed by atoms with Gasteiger partial charge in [0, 0.05) is 11.8 Å². The smallest absolute Gasteiger partial charge is 0.0205 e. The van der Waals surface area contributed by atoms with E-state index in [4.69, 9.17) is 0 Å². The van der Waals surface area contributed by atoms with Crippen molar-refractivity contribution in [3.05, 3.63) is 180 Å². The fraction of sp³-hybridized carbons (Fsp3) is 0.0417. The first-order valence-electron chi connectivity index (χ1n) is 17.1. The van der Waals surface area contributed by atoms with Crippen molar-refractivity contribution in [3.8, 4) is 11.1 Å². The van der Waals surface area contributed by atoms with E-state index in [1.807, 2.05) is 0 Å². The van der Waals surface area contributed by atoms with Gasteiger partial charge >= 0.3 is 0 Å². The van der Waals surface area contributed by atoms with Gasteiger partial charge < -0.3 is 0 Å². The summed E-state index contributed by atoms with van der Waals surface area (Å²) in [5.74, 6) is 0.749. The Morgan fingerprint density at radius 2 is 1.12 bits per heavy atom. The average Bonchev–Trinajstić information content (AvgIpc) is 3.79. The molecule has 9 aromatic rings. The largest absolute Gasteiger partial charge is 0.0754 e. The maximum atomic E-state index is 2.48. The summed E-state index contributed by atoms with van der Waals surface area (Å²) >= 11 is 0. The monoisotopic (exact) mass is 604 g/mol. The molecule has 0 nitrogen and oxygen atoms in total. The molecule has 0 saturated heterocycles. The van der Waals surface area contributed by atoms with Crippen molar-refractivity contribution in [2.75, 3.05) is 0 Å². The van der Waals surface area contributed by atoms with Crippen LogP contribution in [0.5, 0.6) is 0 Å². The first-order valence-corrected chi connectivity index (χ1v) is 17.1. The van der Waals surface area contributed by atoms with Crippen molar-refractivity contribution in [2.45, 2.75) is 5.92 Å². The Morgan fingerprint density at radius 3 is 1.98 bits per heavy atom. The topological polar surface area (TPSA) is 0 Å². The van der Waals surface area contributed by atoms with Crippen molar-refractivity contribution in [1.29, 1.82) is 0 Å². The highest BCUT2D eigenvalue weighted by atomic mass is 14.4. The van der Waals surface area contributed by atoms with E-state index >= 15 is 0 Å². The third kappa shape index (κ3) is 2.94. The molecule has 0 saturated carbocycles. The number of hydrogen-bond donors (Lipinski definition) is 0. The minimum Gasteiger partial charge on any atom is -0.0754 e. The molecule has 2 unspecified atom stereocenters. The zero-order valence-corrected chi connectivity index (χ0v) is 26.2. The molecule has 48 heavy (non-hydrogen) atoms. The van der Waals surface area contributed by atoms with Crippen LogP contribution in [0.15, 0.2) is 163 Å². The predicted octanol–water partition coefficient (Wildman–Crippen LogP) is 12.8. The van der Waals surface area contributed by atoms with Crippen molar-refractivity contribution in [3.63, 3.8) is 0 Å². The molecule has 0 aromatic heterocycles. The Balaban J connectivity index is 1.28. The summed E-state index contributed by atoms with van der Waals surface area (Å²) in [4.78, 5) is 0. The van der Waals surface area contributed by atoms with Crippen LogP contribution in [-0.4, -0.2) is 0 Å². The summed E-state index contributed by atoms with van der Waals surface area (Å²) in [5, 5.41) is 16.4. The van der Waals surface area contributed by atoms with Gasteiger partial charge in [-0.25, -0.2) is 0 Å². The van der Waals surface area contributed by atoms with E-state index in [1.54, 1.807) is 0 Å². The zero-order chi connectivity index (χ0) is 31.1. The van der Waals surface area contributed by atoms with Crippen molar-refractivity contribution in [2.24, 2.45) is 5.92 Å². The first kappa shape index (κ1) is 25.2. The van der Waals surface area contributed by atoms with Crippen LogP contribution in [-0.2, 0) is 0 Å². The summed E-state index contributed by atoms with van der Waals surface area (Å²) in [6.45, 7) is 0. The molecule has 0 spiro atoms. The van der Waals surface area contributed by atoms with Gasteiger partial charge in [0.1, 0.15) is 0 Å². The van der Waals surface area contributed by atoms with Crippen molar-refractivity contribution in [1.82, 2.24) is 0 Å². The van der Waals surface area contributed by atoms with E-state index < -0.39 is 0 Å². The minimum absolute atomic E-state index is 0.360. The molecule has 0 heteroatoms. The Kier molecular flexibility index (Phi) is 4.65.